The maximum absolute atomic E-state index is 12.2. The quantitative estimate of drug-likeness (QED) is 0.729. The number of hydrogen-bond acceptors (Lipinski definition) is 4. The predicted molar refractivity (Wildman–Crippen MR) is 68.9 cm³/mol. The molecule has 20 heavy (non-hydrogen) atoms. The number of nitrogens with zero attached hydrogens (tertiary/aromatic N) is 1. The van der Waals surface area contributed by atoms with Gasteiger partial charge in [0.25, 0.3) is 5.91 Å². The zero-order valence-corrected chi connectivity index (χ0v) is 10.6. The highest BCUT2D eigenvalue weighted by Gasteiger charge is 2.26. The molecule has 1 aliphatic heterocycles. The number of carbonyl (C=O) groups is 3. The van der Waals surface area contributed by atoms with Crippen LogP contribution in [0.1, 0.15) is 37.5 Å². The number of carboxylic acids is 2. The molecule has 1 aliphatic rings. The number of nitrogens with two attached hydrogens (primary N) is 1. The second kappa shape index (κ2) is 5.30. The topological polar surface area (TPSA) is 121 Å². The Morgan fingerprint density at radius 1 is 1.15 bits per heavy atom. The molecule has 7 heteroatoms. The van der Waals surface area contributed by atoms with E-state index in [2.05, 4.69) is 0 Å². The van der Waals surface area contributed by atoms with Crippen molar-refractivity contribution < 1.29 is 24.6 Å². The van der Waals surface area contributed by atoms with Crippen LogP contribution in [0.15, 0.2) is 18.2 Å². The van der Waals surface area contributed by atoms with Gasteiger partial charge in [0.05, 0.1) is 11.1 Å². The van der Waals surface area contributed by atoms with Crippen LogP contribution in [0.3, 0.4) is 0 Å². The van der Waals surface area contributed by atoms with Gasteiger partial charge in [-0.25, -0.2) is 9.59 Å². The van der Waals surface area contributed by atoms with Crippen LogP contribution >= 0.6 is 0 Å². The van der Waals surface area contributed by atoms with Crippen molar-refractivity contribution in [1.82, 2.24) is 4.90 Å². The van der Waals surface area contributed by atoms with Crippen molar-refractivity contribution in [2.24, 2.45) is 5.73 Å². The highest BCUT2D eigenvalue weighted by molar-refractivity contribution is 6.04. The Hall–Kier alpha value is -2.41. The molecule has 1 aromatic carbocycles. The fourth-order valence-corrected chi connectivity index (χ4v) is 2.20. The molecule has 0 radical (unpaired) electrons. The first kappa shape index (κ1) is 14.0. The largest absolute Gasteiger partial charge is 0.478 e. The molecule has 1 heterocycles. The molecule has 7 nitrogen and oxygen atoms in total. The van der Waals surface area contributed by atoms with E-state index in [4.69, 9.17) is 15.9 Å². The number of hydrogen-bond donors (Lipinski definition) is 3. The molecule has 1 unspecified atom stereocenters. The first-order valence-electron chi connectivity index (χ1n) is 6.05. The number of rotatable bonds is 3. The lowest BCUT2D eigenvalue weighted by molar-refractivity contribution is 0.0651. The number of aromatic carboxylic acids is 2. The Balaban J connectivity index is 2.34. The normalized spacial score (nSPS) is 18.1. The standard InChI is InChI=1S/C13H14N2O5/c14-8-3-4-15(6-8)11(16)7-1-2-9(12(17)18)10(5-7)13(19)20/h1-2,5,8H,3-4,6,14H2,(H,17,18)(H,19,20). The maximum atomic E-state index is 12.2. The lowest BCUT2D eigenvalue weighted by Crippen LogP contribution is -2.32. The van der Waals surface area contributed by atoms with Gasteiger partial charge in [0.1, 0.15) is 0 Å². The van der Waals surface area contributed by atoms with Crippen LogP contribution in [0, 0.1) is 0 Å². The van der Waals surface area contributed by atoms with Gasteiger partial charge in [-0.05, 0) is 24.6 Å². The predicted octanol–water partition coefficient (Wildman–Crippen LogP) is 0.256. The molecular formula is C13H14N2O5. The Morgan fingerprint density at radius 3 is 2.30 bits per heavy atom. The summed E-state index contributed by atoms with van der Waals surface area (Å²) in [5.74, 6) is -3.06. The first-order valence-corrected chi connectivity index (χ1v) is 6.05. The van der Waals surface area contributed by atoms with Gasteiger partial charge >= 0.3 is 11.9 Å². The van der Waals surface area contributed by atoms with Crippen LogP contribution < -0.4 is 5.73 Å². The molecule has 106 valence electrons. The van der Waals surface area contributed by atoms with Crippen molar-refractivity contribution in [2.75, 3.05) is 13.1 Å². The molecule has 1 aromatic rings. The van der Waals surface area contributed by atoms with Crippen molar-refractivity contribution in [3.8, 4) is 0 Å². The molecule has 1 atom stereocenters. The van der Waals surface area contributed by atoms with Crippen LogP contribution in [0.25, 0.3) is 0 Å². The van der Waals surface area contributed by atoms with Crippen LogP contribution in [0.2, 0.25) is 0 Å². The smallest absolute Gasteiger partial charge is 0.336 e. The third-order valence-corrected chi connectivity index (χ3v) is 3.24. The Bertz CT molecular complexity index is 584. The van der Waals surface area contributed by atoms with Gasteiger partial charge < -0.3 is 20.8 Å². The Kier molecular flexibility index (Phi) is 3.71. The summed E-state index contributed by atoms with van der Waals surface area (Å²) in [4.78, 5) is 35.7. The number of carbonyl (C=O) groups excluding carboxylic acids is 1. The van der Waals surface area contributed by atoms with E-state index in [9.17, 15) is 14.4 Å². The minimum atomic E-state index is -1.38. The van der Waals surface area contributed by atoms with E-state index in [1.807, 2.05) is 0 Å². The highest BCUT2D eigenvalue weighted by atomic mass is 16.4. The molecule has 0 aliphatic carbocycles. The van der Waals surface area contributed by atoms with Crippen molar-refractivity contribution >= 4 is 17.8 Å². The Labute approximate surface area is 114 Å². The van der Waals surface area contributed by atoms with Crippen LogP contribution in [-0.4, -0.2) is 52.1 Å². The second-order valence-corrected chi connectivity index (χ2v) is 4.67. The highest BCUT2D eigenvalue weighted by Crippen LogP contribution is 2.17. The average Bonchev–Trinajstić information content (AvgIpc) is 2.83. The summed E-state index contributed by atoms with van der Waals surface area (Å²) < 4.78 is 0. The number of carboxylic acid groups (broad SMARTS) is 2. The average molecular weight is 278 g/mol. The molecular weight excluding hydrogens is 264 g/mol. The van der Waals surface area contributed by atoms with E-state index < -0.39 is 17.5 Å². The first-order chi connectivity index (χ1) is 9.40. The van der Waals surface area contributed by atoms with E-state index in [-0.39, 0.29) is 23.1 Å². The van der Waals surface area contributed by atoms with Gasteiger partial charge in [0, 0.05) is 24.7 Å². The number of benzene rings is 1. The van der Waals surface area contributed by atoms with Crippen LogP contribution in [0.4, 0.5) is 0 Å². The minimum absolute atomic E-state index is 0.0730. The molecule has 1 amide bonds. The monoisotopic (exact) mass is 278 g/mol. The van der Waals surface area contributed by atoms with Crippen molar-refractivity contribution in [2.45, 2.75) is 12.5 Å². The summed E-state index contributed by atoms with van der Waals surface area (Å²) in [5, 5.41) is 17.9. The van der Waals surface area contributed by atoms with E-state index in [1.54, 1.807) is 0 Å². The van der Waals surface area contributed by atoms with Gasteiger partial charge in [-0.2, -0.15) is 0 Å². The lowest BCUT2D eigenvalue weighted by Gasteiger charge is -2.16. The summed E-state index contributed by atoms with van der Waals surface area (Å²) >= 11 is 0. The van der Waals surface area contributed by atoms with E-state index in [1.165, 1.54) is 11.0 Å². The second-order valence-electron chi connectivity index (χ2n) is 4.67. The van der Waals surface area contributed by atoms with Gasteiger partial charge in [-0.3, -0.25) is 4.79 Å². The summed E-state index contributed by atoms with van der Waals surface area (Å²) in [7, 11) is 0. The molecule has 0 bridgehead atoms. The third-order valence-electron chi connectivity index (χ3n) is 3.24. The Morgan fingerprint density at radius 2 is 1.80 bits per heavy atom. The maximum Gasteiger partial charge on any atom is 0.336 e. The van der Waals surface area contributed by atoms with Crippen molar-refractivity contribution in [3.05, 3.63) is 34.9 Å². The molecule has 1 fully saturated rings. The zero-order chi connectivity index (χ0) is 14.9. The molecule has 1 saturated heterocycles. The fourth-order valence-electron chi connectivity index (χ4n) is 2.20. The summed E-state index contributed by atoms with van der Waals surface area (Å²) in [5.41, 5.74) is 5.13. The fraction of sp³-hybridized carbons (Fsp3) is 0.308. The summed E-state index contributed by atoms with van der Waals surface area (Å²) in [6, 6.07) is 3.48. The number of likely N-dealkylation sites (tertiary alicyclic amines) is 1. The lowest BCUT2D eigenvalue weighted by atomic mass is 10.0. The molecule has 0 saturated carbocycles. The zero-order valence-electron chi connectivity index (χ0n) is 10.6. The van der Waals surface area contributed by atoms with Gasteiger partial charge in [-0.1, -0.05) is 0 Å². The van der Waals surface area contributed by atoms with E-state index in [0.29, 0.717) is 19.5 Å². The van der Waals surface area contributed by atoms with Crippen molar-refractivity contribution in [1.29, 1.82) is 0 Å². The van der Waals surface area contributed by atoms with Crippen LogP contribution in [0.5, 0.6) is 0 Å². The van der Waals surface area contributed by atoms with E-state index >= 15 is 0 Å². The third kappa shape index (κ3) is 2.62. The number of amides is 1. The van der Waals surface area contributed by atoms with Gasteiger partial charge in [-0.15, -0.1) is 0 Å². The molecule has 0 spiro atoms. The van der Waals surface area contributed by atoms with Crippen molar-refractivity contribution in [3.63, 3.8) is 0 Å². The van der Waals surface area contributed by atoms with E-state index in [0.717, 1.165) is 12.1 Å². The van der Waals surface area contributed by atoms with Gasteiger partial charge in [0.15, 0.2) is 0 Å². The molecule has 0 aromatic heterocycles. The molecule has 2 rings (SSSR count). The molecule has 4 N–H and O–H groups in total. The minimum Gasteiger partial charge on any atom is -0.478 e. The van der Waals surface area contributed by atoms with Gasteiger partial charge in [0.2, 0.25) is 0 Å². The SMILES string of the molecule is NC1CCN(C(=O)c2ccc(C(=O)O)c(C(=O)O)c2)C1. The summed E-state index contributed by atoms with van der Waals surface area (Å²) in [6.45, 7) is 0.936. The summed E-state index contributed by atoms with van der Waals surface area (Å²) in [6.07, 6.45) is 0.699. The van der Waals surface area contributed by atoms with Crippen LogP contribution in [-0.2, 0) is 0 Å².